The number of hydrogen-bond acceptors (Lipinski definition) is 9. The summed E-state index contributed by atoms with van der Waals surface area (Å²) in [5.74, 6) is 0.324. The lowest BCUT2D eigenvalue weighted by Gasteiger charge is -2.25. The molecule has 1 atom stereocenters. The molecular weight excluding hydrogens is 530 g/mol. The molecule has 0 spiro atoms. The van der Waals surface area contributed by atoms with Crippen molar-refractivity contribution >= 4 is 32.5 Å². The highest BCUT2D eigenvalue weighted by molar-refractivity contribution is 7.91. The van der Waals surface area contributed by atoms with Gasteiger partial charge in [-0.3, -0.25) is 9.78 Å². The average Bonchev–Trinajstić information content (AvgIpc) is 3.12. The molecule has 1 N–H and O–H groups in total. The smallest absolute Gasteiger partial charge is 0.251 e. The standard InChI is InChI=1S/C29H31N5O5S/c1-19(17-38-3)34(2)28-6-4-5-24(33-28)25-10-9-21-15-30-23(14-26(21)32-25)16-31-29(35)20-7-8-22-18-39-11-12-40(36,37)27(22)13-20/h4-10,13-15,19H,11-12,16-18H2,1-3H3,(H,31,35)/t19-/m1/s1. The summed E-state index contributed by atoms with van der Waals surface area (Å²) in [4.78, 5) is 29.2. The third-order valence-corrected chi connectivity index (χ3v) is 8.66. The minimum atomic E-state index is -3.51. The maximum absolute atomic E-state index is 12.9. The molecule has 1 aliphatic heterocycles. The molecule has 0 unspecified atom stereocenters. The number of anilines is 1. The Morgan fingerprint density at radius 1 is 1.12 bits per heavy atom. The summed E-state index contributed by atoms with van der Waals surface area (Å²) in [6.45, 7) is 3.15. The van der Waals surface area contributed by atoms with E-state index in [1.807, 2.05) is 43.4 Å². The molecule has 40 heavy (non-hydrogen) atoms. The normalized spacial score (nSPS) is 15.2. The molecule has 0 saturated carbocycles. The first-order valence-electron chi connectivity index (χ1n) is 12.9. The summed E-state index contributed by atoms with van der Waals surface area (Å²) in [6.07, 6.45) is 1.71. The maximum atomic E-state index is 12.9. The highest BCUT2D eigenvalue weighted by Gasteiger charge is 2.23. The molecule has 0 fully saturated rings. The first-order valence-corrected chi connectivity index (χ1v) is 14.6. The molecule has 0 bridgehead atoms. The summed E-state index contributed by atoms with van der Waals surface area (Å²) >= 11 is 0. The van der Waals surface area contributed by atoms with Gasteiger partial charge < -0.3 is 19.7 Å². The largest absolute Gasteiger partial charge is 0.383 e. The van der Waals surface area contributed by atoms with E-state index in [9.17, 15) is 13.2 Å². The highest BCUT2D eigenvalue weighted by Crippen LogP contribution is 2.24. The van der Waals surface area contributed by atoms with Gasteiger partial charge in [-0.2, -0.15) is 0 Å². The van der Waals surface area contributed by atoms with Crippen molar-refractivity contribution in [1.29, 1.82) is 0 Å². The van der Waals surface area contributed by atoms with Crippen molar-refractivity contribution < 1.29 is 22.7 Å². The van der Waals surface area contributed by atoms with Crippen LogP contribution in [0.25, 0.3) is 22.3 Å². The topological polar surface area (TPSA) is 124 Å². The lowest BCUT2D eigenvalue weighted by atomic mass is 10.1. The third-order valence-electron chi connectivity index (χ3n) is 6.91. The van der Waals surface area contributed by atoms with Gasteiger partial charge in [0.15, 0.2) is 9.84 Å². The number of rotatable bonds is 8. The summed E-state index contributed by atoms with van der Waals surface area (Å²) < 4.78 is 35.8. The van der Waals surface area contributed by atoms with E-state index in [-0.39, 0.29) is 47.9 Å². The lowest BCUT2D eigenvalue weighted by molar-refractivity contribution is 0.0950. The van der Waals surface area contributed by atoms with Crippen LogP contribution in [-0.4, -0.2) is 68.4 Å². The first kappa shape index (κ1) is 27.6. The number of carbonyl (C=O) groups is 1. The van der Waals surface area contributed by atoms with Gasteiger partial charge in [0.25, 0.3) is 5.91 Å². The molecule has 0 radical (unpaired) electrons. The fourth-order valence-electron chi connectivity index (χ4n) is 4.48. The Morgan fingerprint density at radius 2 is 1.95 bits per heavy atom. The van der Waals surface area contributed by atoms with Crippen molar-refractivity contribution in [2.45, 2.75) is 31.0 Å². The van der Waals surface area contributed by atoms with Crippen molar-refractivity contribution in [3.63, 3.8) is 0 Å². The molecule has 0 aliphatic carbocycles. The predicted molar refractivity (Wildman–Crippen MR) is 152 cm³/mol. The van der Waals surface area contributed by atoms with Gasteiger partial charge in [0.2, 0.25) is 0 Å². The van der Waals surface area contributed by atoms with Crippen molar-refractivity contribution in [3.05, 3.63) is 77.6 Å². The molecule has 10 nitrogen and oxygen atoms in total. The highest BCUT2D eigenvalue weighted by atomic mass is 32.2. The molecule has 208 valence electrons. The monoisotopic (exact) mass is 561 g/mol. The number of benzene rings is 1. The van der Waals surface area contributed by atoms with Crippen LogP contribution in [0.5, 0.6) is 0 Å². The minimum Gasteiger partial charge on any atom is -0.383 e. The Labute approximate surface area is 233 Å². The summed E-state index contributed by atoms with van der Waals surface area (Å²) in [6, 6.07) is 16.3. The number of carbonyl (C=O) groups excluding carboxylic acids is 1. The molecular formula is C29H31N5O5S. The average molecular weight is 562 g/mol. The van der Waals surface area contributed by atoms with Gasteiger partial charge in [0.05, 0.1) is 65.7 Å². The number of nitrogens with one attached hydrogen (secondary N) is 1. The van der Waals surface area contributed by atoms with Gasteiger partial charge in [-0.15, -0.1) is 0 Å². The summed E-state index contributed by atoms with van der Waals surface area (Å²) in [5, 5.41) is 3.69. The number of nitrogens with zero attached hydrogens (tertiary/aromatic N) is 4. The van der Waals surface area contributed by atoms with Crippen molar-refractivity contribution in [1.82, 2.24) is 20.3 Å². The molecule has 11 heteroatoms. The van der Waals surface area contributed by atoms with E-state index in [1.165, 1.54) is 6.07 Å². The number of pyridine rings is 3. The van der Waals surface area contributed by atoms with Crippen LogP contribution < -0.4 is 10.2 Å². The maximum Gasteiger partial charge on any atom is 0.251 e. The van der Waals surface area contributed by atoms with Gasteiger partial charge in [-0.1, -0.05) is 12.1 Å². The molecule has 4 aromatic rings. The number of aromatic nitrogens is 3. The SMILES string of the molecule is COC[C@@H](C)N(C)c1cccc(-c2ccc3cnc(CNC(=O)c4ccc5c(c4)S(=O)(=O)CCOC5)cc3n2)n1. The quantitative estimate of drug-likeness (QED) is 0.345. The first-order chi connectivity index (χ1) is 19.2. The second-order valence-electron chi connectivity index (χ2n) is 9.74. The van der Waals surface area contributed by atoms with Gasteiger partial charge in [0.1, 0.15) is 5.82 Å². The molecule has 1 amide bonds. The zero-order chi connectivity index (χ0) is 28.3. The van der Waals surface area contributed by atoms with Crippen LogP contribution in [0, 0.1) is 0 Å². The van der Waals surface area contributed by atoms with Crippen molar-refractivity contribution in [2.75, 3.05) is 38.0 Å². The van der Waals surface area contributed by atoms with Crippen LogP contribution in [0.1, 0.15) is 28.5 Å². The van der Waals surface area contributed by atoms with E-state index in [0.717, 1.165) is 28.1 Å². The summed E-state index contributed by atoms with van der Waals surface area (Å²) in [7, 11) is 0.154. The van der Waals surface area contributed by atoms with E-state index in [0.29, 0.717) is 17.9 Å². The van der Waals surface area contributed by atoms with E-state index in [1.54, 1.807) is 25.4 Å². The number of fused-ring (bicyclic) bond motifs is 2. The van der Waals surface area contributed by atoms with Crippen LogP contribution >= 0.6 is 0 Å². The van der Waals surface area contributed by atoms with Crippen LogP contribution in [0.2, 0.25) is 0 Å². The van der Waals surface area contributed by atoms with Crippen molar-refractivity contribution in [2.24, 2.45) is 0 Å². The van der Waals surface area contributed by atoms with E-state index in [2.05, 4.69) is 22.1 Å². The van der Waals surface area contributed by atoms with Gasteiger partial charge >= 0.3 is 0 Å². The molecule has 0 saturated heterocycles. The van der Waals surface area contributed by atoms with E-state index >= 15 is 0 Å². The number of sulfone groups is 1. The summed E-state index contributed by atoms with van der Waals surface area (Å²) in [5.41, 5.74) is 3.63. The number of hydrogen-bond donors (Lipinski definition) is 1. The molecule has 1 aliphatic rings. The second kappa shape index (κ2) is 11.7. The van der Waals surface area contributed by atoms with Crippen LogP contribution in [0.4, 0.5) is 5.82 Å². The Balaban J connectivity index is 1.33. The number of methoxy groups -OCH3 is 1. The van der Waals surface area contributed by atoms with E-state index in [4.69, 9.17) is 19.4 Å². The van der Waals surface area contributed by atoms with E-state index < -0.39 is 9.84 Å². The second-order valence-corrected chi connectivity index (χ2v) is 11.8. The number of likely N-dealkylation sites (N-methyl/N-ethyl adjacent to an activating group) is 1. The predicted octanol–water partition coefficient (Wildman–Crippen LogP) is 3.40. The fourth-order valence-corrected chi connectivity index (χ4v) is 5.87. The Morgan fingerprint density at radius 3 is 2.77 bits per heavy atom. The van der Waals surface area contributed by atoms with Crippen LogP contribution in [0.15, 0.2) is 65.7 Å². The minimum absolute atomic E-state index is 0.107. The molecule has 3 aromatic heterocycles. The van der Waals surface area contributed by atoms with Crippen LogP contribution in [-0.2, 0) is 32.5 Å². The molecule has 5 rings (SSSR count). The molecule has 1 aromatic carbocycles. The fraction of sp³-hybridized carbons (Fsp3) is 0.310. The third kappa shape index (κ3) is 5.96. The zero-order valence-corrected chi connectivity index (χ0v) is 23.4. The lowest BCUT2D eigenvalue weighted by Crippen LogP contribution is -2.33. The number of ether oxygens (including phenoxy) is 2. The zero-order valence-electron chi connectivity index (χ0n) is 22.6. The Kier molecular flexibility index (Phi) is 8.06. The van der Waals surface area contributed by atoms with Gasteiger partial charge in [-0.25, -0.2) is 18.4 Å². The van der Waals surface area contributed by atoms with Crippen LogP contribution in [0.3, 0.4) is 0 Å². The van der Waals surface area contributed by atoms with Gasteiger partial charge in [0, 0.05) is 31.3 Å². The Bertz CT molecular complexity index is 1660. The van der Waals surface area contributed by atoms with Gasteiger partial charge in [-0.05, 0) is 55.0 Å². The molecule has 4 heterocycles. The number of amides is 1. The van der Waals surface area contributed by atoms with Crippen molar-refractivity contribution in [3.8, 4) is 11.4 Å². The Hall–Kier alpha value is -3.93.